The average Bonchev–Trinajstić information content (AvgIpc) is 3.07. The molecule has 7 heteroatoms. The second-order valence-electron chi connectivity index (χ2n) is 6.87. The first-order valence-corrected chi connectivity index (χ1v) is 9.08. The van der Waals surface area contributed by atoms with Gasteiger partial charge in [0.2, 0.25) is 11.8 Å². The van der Waals surface area contributed by atoms with Crippen LogP contribution >= 0.6 is 0 Å². The molecule has 7 nitrogen and oxygen atoms in total. The van der Waals surface area contributed by atoms with E-state index in [-0.39, 0.29) is 17.6 Å². The number of hydrogen-bond donors (Lipinski definition) is 1. The molecule has 2 fully saturated rings. The lowest BCUT2D eigenvalue weighted by Gasteiger charge is -2.37. The van der Waals surface area contributed by atoms with E-state index < -0.39 is 0 Å². The Hall–Kier alpha value is -1.47. The van der Waals surface area contributed by atoms with Crippen molar-refractivity contribution in [2.24, 2.45) is 0 Å². The van der Waals surface area contributed by atoms with Gasteiger partial charge in [-0.15, -0.1) is 0 Å². The maximum absolute atomic E-state index is 12.6. The Morgan fingerprint density at radius 2 is 2.17 bits per heavy atom. The van der Waals surface area contributed by atoms with Crippen LogP contribution in [0.25, 0.3) is 0 Å². The Kier molecular flexibility index (Phi) is 5.50. The van der Waals surface area contributed by atoms with Crippen molar-refractivity contribution in [3.05, 3.63) is 11.7 Å². The zero-order chi connectivity index (χ0) is 17.0. The number of carbonyl (C=O) groups excluding carboxylic acids is 1. The number of ether oxygens (including phenoxy) is 1. The first-order valence-electron chi connectivity index (χ1n) is 9.08. The quantitative estimate of drug-likeness (QED) is 0.882. The minimum atomic E-state index is -0.331. The van der Waals surface area contributed by atoms with Gasteiger partial charge in [0.05, 0.1) is 24.8 Å². The van der Waals surface area contributed by atoms with Crippen LogP contribution in [0, 0.1) is 6.92 Å². The second kappa shape index (κ2) is 7.61. The van der Waals surface area contributed by atoms with E-state index in [2.05, 4.69) is 22.4 Å². The van der Waals surface area contributed by atoms with Crippen molar-refractivity contribution in [2.75, 3.05) is 26.2 Å². The molecule has 1 amide bonds. The van der Waals surface area contributed by atoms with Crippen molar-refractivity contribution >= 4 is 5.91 Å². The van der Waals surface area contributed by atoms with Gasteiger partial charge in [0, 0.05) is 20.0 Å². The highest BCUT2D eigenvalue weighted by Gasteiger charge is 2.38. The average molecular weight is 336 g/mol. The van der Waals surface area contributed by atoms with Crippen LogP contribution in [0.2, 0.25) is 0 Å². The van der Waals surface area contributed by atoms with Gasteiger partial charge in [0.1, 0.15) is 0 Å². The highest BCUT2D eigenvalue weighted by molar-refractivity contribution is 5.78. The number of aromatic nitrogens is 2. The number of morpholine rings is 1. The van der Waals surface area contributed by atoms with E-state index in [9.17, 15) is 4.79 Å². The zero-order valence-corrected chi connectivity index (χ0v) is 14.7. The predicted molar refractivity (Wildman–Crippen MR) is 88.4 cm³/mol. The maximum Gasteiger partial charge on any atom is 0.236 e. The molecule has 1 aromatic heterocycles. The summed E-state index contributed by atoms with van der Waals surface area (Å²) < 4.78 is 10.8. The number of nitrogens with one attached hydrogen (secondary N) is 1. The lowest BCUT2D eigenvalue weighted by Crippen LogP contribution is -2.52. The standard InChI is InChI=1S/C17H28N4O3/c1-3-14-12-21(9-10-23-14)15(22)11-18-17(7-5-4-6-8-17)16-19-13(2)24-20-16/h14,18H,3-12H2,1-2H3. The van der Waals surface area contributed by atoms with Gasteiger partial charge in [0.15, 0.2) is 5.82 Å². The van der Waals surface area contributed by atoms with Gasteiger partial charge >= 0.3 is 0 Å². The van der Waals surface area contributed by atoms with Crippen LogP contribution in [-0.2, 0) is 15.1 Å². The van der Waals surface area contributed by atoms with E-state index in [0.29, 0.717) is 38.0 Å². The van der Waals surface area contributed by atoms with Crippen LogP contribution < -0.4 is 5.32 Å². The Balaban J connectivity index is 1.64. The Morgan fingerprint density at radius 1 is 1.38 bits per heavy atom. The zero-order valence-electron chi connectivity index (χ0n) is 14.7. The third-order valence-electron chi connectivity index (χ3n) is 5.19. The van der Waals surface area contributed by atoms with Crippen LogP contribution in [0.4, 0.5) is 0 Å². The Bertz CT molecular complexity index is 554. The lowest BCUT2D eigenvalue weighted by molar-refractivity contribution is -0.138. The van der Waals surface area contributed by atoms with Gasteiger partial charge in [-0.25, -0.2) is 0 Å². The number of amides is 1. The summed E-state index contributed by atoms with van der Waals surface area (Å²) in [6.07, 6.45) is 6.43. The minimum Gasteiger partial charge on any atom is -0.375 e. The normalized spacial score (nSPS) is 24.1. The molecule has 24 heavy (non-hydrogen) atoms. The van der Waals surface area contributed by atoms with E-state index in [1.54, 1.807) is 6.92 Å². The summed E-state index contributed by atoms with van der Waals surface area (Å²) in [6, 6.07) is 0. The van der Waals surface area contributed by atoms with E-state index in [1.165, 1.54) is 6.42 Å². The van der Waals surface area contributed by atoms with E-state index in [1.807, 2.05) is 4.90 Å². The molecule has 1 aromatic rings. The number of carbonyl (C=O) groups is 1. The summed E-state index contributed by atoms with van der Waals surface area (Å²) in [5.74, 6) is 1.39. The molecule has 0 bridgehead atoms. The van der Waals surface area contributed by atoms with Crippen LogP contribution in [0.15, 0.2) is 4.52 Å². The molecule has 1 saturated heterocycles. The molecule has 3 rings (SSSR count). The van der Waals surface area contributed by atoms with Crippen LogP contribution in [0.5, 0.6) is 0 Å². The van der Waals surface area contributed by atoms with Gasteiger partial charge in [-0.1, -0.05) is 31.3 Å². The molecule has 2 aliphatic rings. The number of aryl methyl sites for hydroxylation is 1. The van der Waals surface area contributed by atoms with Gasteiger partial charge in [-0.05, 0) is 19.3 Å². The monoisotopic (exact) mass is 336 g/mol. The van der Waals surface area contributed by atoms with Crippen LogP contribution in [0.3, 0.4) is 0 Å². The first kappa shape index (κ1) is 17.4. The van der Waals surface area contributed by atoms with E-state index in [0.717, 1.165) is 32.1 Å². The van der Waals surface area contributed by atoms with Crippen molar-refractivity contribution in [2.45, 2.75) is 64.0 Å². The molecule has 1 aliphatic carbocycles. The molecule has 1 aliphatic heterocycles. The summed E-state index contributed by atoms with van der Waals surface area (Å²) in [6.45, 7) is 6.18. The van der Waals surface area contributed by atoms with Crippen molar-refractivity contribution < 1.29 is 14.1 Å². The summed E-state index contributed by atoms with van der Waals surface area (Å²) in [5.41, 5.74) is -0.331. The lowest BCUT2D eigenvalue weighted by atomic mass is 9.81. The Morgan fingerprint density at radius 3 is 2.83 bits per heavy atom. The fourth-order valence-electron chi connectivity index (χ4n) is 3.68. The minimum absolute atomic E-state index is 0.127. The molecule has 0 aromatic carbocycles. The maximum atomic E-state index is 12.6. The van der Waals surface area contributed by atoms with Crippen LogP contribution in [0.1, 0.15) is 57.2 Å². The number of nitrogens with zero attached hydrogens (tertiary/aromatic N) is 3. The molecule has 1 atom stereocenters. The molecule has 0 spiro atoms. The molecule has 1 N–H and O–H groups in total. The topological polar surface area (TPSA) is 80.5 Å². The smallest absolute Gasteiger partial charge is 0.236 e. The van der Waals surface area contributed by atoms with Gasteiger partial charge < -0.3 is 14.2 Å². The Labute approximate surface area is 143 Å². The van der Waals surface area contributed by atoms with Crippen molar-refractivity contribution in [3.63, 3.8) is 0 Å². The van der Waals surface area contributed by atoms with Crippen molar-refractivity contribution in [1.82, 2.24) is 20.4 Å². The molecule has 134 valence electrons. The predicted octanol–water partition coefficient (Wildman–Crippen LogP) is 1.76. The fourth-order valence-corrected chi connectivity index (χ4v) is 3.68. The SMILES string of the molecule is CCC1CN(C(=O)CNC2(c3noc(C)n3)CCCCC2)CCO1. The second-order valence-corrected chi connectivity index (χ2v) is 6.87. The summed E-state index contributed by atoms with van der Waals surface area (Å²) in [7, 11) is 0. The number of hydrogen-bond acceptors (Lipinski definition) is 6. The molecule has 2 heterocycles. The highest BCUT2D eigenvalue weighted by atomic mass is 16.5. The van der Waals surface area contributed by atoms with Gasteiger partial charge in [-0.2, -0.15) is 4.98 Å². The summed E-state index contributed by atoms with van der Waals surface area (Å²) in [4.78, 5) is 19.0. The third kappa shape index (κ3) is 3.78. The number of rotatable bonds is 5. The first-order chi connectivity index (χ1) is 11.6. The molecule has 1 unspecified atom stereocenters. The van der Waals surface area contributed by atoms with Crippen molar-refractivity contribution in [3.8, 4) is 0 Å². The van der Waals surface area contributed by atoms with Crippen molar-refractivity contribution in [1.29, 1.82) is 0 Å². The highest BCUT2D eigenvalue weighted by Crippen LogP contribution is 2.35. The molecular weight excluding hydrogens is 308 g/mol. The largest absolute Gasteiger partial charge is 0.375 e. The summed E-state index contributed by atoms with van der Waals surface area (Å²) in [5, 5.41) is 7.61. The van der Waals surface area contributed by atoms with Gasteiger partial charge in [-0.3, -0.25) is 10.1 Å². The molecular formula is C17H28N4O3. The molecule has 0 radical (unpaired) electrons. The van der Waals surface area contributed by atoms with Crippen LogP contribution in [-0.4, -0.2) is 53.3 Å². The summed E-state index contributed by atoms with van der Waals surface area (Å²) >= 11 is 0. The van der Waals surface area contributed by atoms with E-state index >= 15 is 0 Å². The van der Waals surface area contributed by atoms with Gasteiger partial charge in [0.25, 0.3) is 0 Å². The molecule has 1 saturated carbocycles. The third-order valence-corrected chi connectivity index (χ3v) is 5.19. The fraction of sp³-hybridized carbons (Fsp3) is 0.824. The van der Waals surface area contributed by atoms with E-state index in [4.69, 9.17) is 9.26 Å².